The Morgan fingerprint density at radius 1 is 1.44 bits per heavy atom. The molecule has 0 fully saturated rings. The van der Waals surface area contributed by atoms with E-state index in [1.165, 1.54) is 12.0 Å². The molecule has 0 spiro atoms. The third-order valence-corrected chi connectivity index (χ3v) is 2.60. The van der Waals surface area contributed by atoms with Crippen LogP contribution in [0, 0.1) is 0 Å². The van der Waals surface area contributed by atoms with Crippen LogP contribution in [0.4, 0.5) is 10.5 Å². The summed E-state index contributed by atoms with van der Waals surface area (Å²) in [6, 6.07) is 7.32. The number of nitrogens with one attached hydrogen (secondary N) is 1. The van der Waals surface area contributed by atoms with Crippen LogP contribution < -0.4 is 10.4 Å². The van der Waals surface area contributed by atoms with Crippen molar-refractivity contribution >= 4 is 28.4 Å². The monoisotopic (exact) mass is 268 g/mol. The topological polar surface area (TPSA) is 41.6 Å². The fraction of sp³-hybridized carbons (Fsp3) is 0.308. The molecular weight excluding hydrogens is 252 g/mol. The molecule has 1 rings (SSSR count). The number of anilines is 1. The Kier molecular flexibility index (Phi) is 5.19. The highest BCUT2D eigenvalue weighted by Gasteiger charge is 2.20. The summed E-state index contributed by atoms with van der Waals surface area (Å²) in [5.41, 5.74) is 4.69. The standard InChI is InChI=1S/C13H17ClN2O2/c1-9(2)16(13(14)17)12-8-6-5-7-11(12)10(3)15-18-4/h5-9,15H,3H2,1-2,4H3. The van der Waals surface area contributed by atoms with Crippen LogP contribution in [-0.4, -0.2) is 18.5 Å². The summed E-state index contributed by atoms with van der Waals surface area (Å²) in [5.74, 6) is 0. The van der Waals surface area contributed by atoms with Gasteiger partial charge in [-0.15, -0.1) is 0 Å². The largest absolute Gasteiger partial charge is 0.321 e. The van der Waals surface area contributed by atoms with Gasteiger partial charge in [0, 0.05) is 11.6 Å². The Bertz CT molecular complexity index is 446. The molecule has 0 atom stereocenters. The molecule has 1 aromatic carbocycles. The van der Waals surface area contributed by atoms with Gasteiger partial charge in [0.05, 0.1) is 18.5 Å². The van der Waals surface area contributed by atoms with Gasteiger partial charge in [-0.3, -0.25) is 20.0 Å². The number of carbonyl (C=O) groups excluding carboxylic acids is 1. The highest BCUT2D eigenvalue weighted by atomic mass is 35.5. The number of hydroxylamine groups is 1. The predicted molar refractivity (Wildman–Crippen MR) is 74.5 cm³/mol. The second-order valence-corrected chi connectivity index (χ2v) is 4.34. The van der Waals surface area contributed by atoms with E-state index in [1.807, 2.05) is 38.1 Å². The molecule has 0 saturated heterocycles. The molecule has 0 bridgehead atoms. The zero-order chi connectivity index (χ0) is 13.7. The minimum Gasteiger partial charge on any atom is -0.296 e. The van der Waals surface area contributed by atoms with Crippen molar-refractivity contribution in [2.24, 2.45) is 0 Å². The number of benzene rings is 1. The molecule has 0 radical (unpaired) electrons. The number of para-hydroxylation sites is 1. The van der Waals surface area contributed by atoms with Gasteiger partial charge in [0.25, 0.3) is 0 Å². The van der Waals surface area contributed by atoms with E-state index < -0.39 is 5.37 Å². The summed E-state index contributed by atoms with van der Waals surface area (Å²) in [4.78, 5) is 17.9. The molecule has 5 heteroatoms. The van der Waals surface area contributed by atoms with Crippen molar-refractivity contribution in [3.05, 3.63) is 36.4 Å². The second-order valence-electron chi connectivity index (χ2n) is 4.02. The van der Waals surface area contributed by atoms with Crippen LogP contribution in [0.25, 0.3) is 5.70 Å². The molecule has 0 unspecified atom stereocenters. The van der Waals surface area contributed by atoms with Crippen LogP contribution in [0.1, 0.15) is 19.4 Å². The predicted octanol–water partition coefficient (Wildman–Crippen LogP) is 3.38. The van der Waals surface area contributed by atoms with Gasteiger partial charge >= 0.3 is 5.37 Å². The first-order valence-corrected chi connectivity index (χ1v) is 5.92. The second kappa shape index (κ2) is 6.42. The fourth-order valence-corrected chi connectivity index (χ4v) is 1.98. The molecule has 1 N–H and O–H groups in total. The molecule has 1 aromatic rings. The summed E-state index contributed by atoms with van der Waals surface area (Å²) < 4.78 is 0. The summed E-state index contributed by atoms with van der Waals surface area (Å²) in [6.45, 7) is 7.64. The fourth-order valence-electron chi connectivity index (χ4n) is 1.69. The molecule has 0 aliphatic rings. The van der Waals surface area contributed by atoms with Crippen molar-refractivity contribution in [2.45, 2.75) is 19.9 Å². The van der Waals surface area contributed by atoms with E-state index in [0.717, 1.165) is 5.56 Å². The van der Waals surface area contributed by atoms with E-state index in [0.29, 0.717) is 11.4 Å². The van der Waals surface area contributed by atoms with Crippen molar-refractivity contribution in [1.82, 2.24) is 5.48 Å². The Labute approximate surface area is 112 Å². The van der Waals surface area contributed by atoms with Gasteiger partial charge in [0.2, 0.25) is 0 Å². The SMILES string of the molecule is C=C(NOC)c1ccccc1N(C(=O)Cl)C(C)C. The third kappa shape index (κ3) is 3.24. The van der Waals surface area contributed by atoms with Crippen molar-refractivity contribution in [1.29, 1.82) is 0 Å². The van der Waals surface area contributed by atoms with Crippen LogP contribution in [0.2, 0.25) is 0 Å². The Hall–Kier alpha value is -1.52. The van der Waals surface area contributed by atoms with E-state index in [9.17, 15) is 4.79 Å². The van der Waals surface area contributed by atoms with Crippen LogP contribution in [0.15, 0.2) is 30.8 Å². The molecule has 0 aliphatic heterocycles. The van der Waals surface area contributed by atoms with Gasteiger partial charge in [0.15, 0.2) is 0 Å². The number of hydrogen-bond donors (Lipinski definition) is 1. The first-order valence-electron chi connectivity index (χ1n) is 5.55. The number of halogens is 1. The molecular formula is C13H17ClN2O2. The minimum atomic E-state index is -0.525. The zero-order valence-corrected chi connectivity index (χ0v) is 11.5. The van der Waals surface area contributed by atoms with E-state index in [-0.39, 0.29) is 6.04 Å². The maximum atomic E-state index is 11.5. The molecule has 0 saturated carbocycles. The highest BCUT2D eigenvalue weighted by molar-refractivity contribution is 6.66. The van der Waals surface area contributed by atoms with Crippen LogP contribution >= 0.6 is 11.6 Å². The summed E-state index contributed by atoms with van der Waals surface area (Å²) >= 11 is 5.63. The lowest BCUT2D eigenvalue weighted by Gasteiger charge is -2.27. The molecule has 1 amide bonds. The molecule has 18 heavy (non-hydrogen) atoms. The van der Waals surface area contributed by atoms with E-state index in [4.69, 9.17) is 16.4 Å². The van der Waals surface area contributed by atoms with Crippen molar-refractivity contribution in [3.8, 4) is 0 Å². The van der Waals surface area contributed by atoms with Gasteiger partial charge < -0.3 is 0 Å². The molecule has 0 heterocycles. The first-order chi connectivity index (χ1) is 8.49. The van der Waals surface area contributed by atoms with Gasteiger partial charge in [-0.1, -0.05) is 24.8 Å². The average molecular weight is 269 g/mol. The van der Waals surface area contributed by atoms with Gasteiger partial charge in [-0.25, -0.2) is 0 Å². The van der Waals surface area contributed by atoms with Crippen molar-refractivity contribution < 1.29 is 9.63 Å². The maximum absolute atomic E-state index is 11.5. The van der Waals surface area contributed by atoms with E-state index >= 15 is 0 Å². The normalized spacial score (nSPS) is 10.3. The Morgan fingerprint density at radius 3 is 2.56 bits per heavy atom. The molecule has 0 aromatic heterocycles. The highest BCUT2D eigenvalue weighted by Crippen LogP contribution is 2.27. The lowest BCUT2D eigenvalue weighted by atomic mass is 10.1. The Morgan fingerprint density at radius 2 is 2.06 bits per heavy atom. The van der Waals surface area contributed by atoms with Crippen LogP contribution in [-0.2, 0) is 4.84 Å². The average Bonchev–Trinajstić information content (AvgIpc) is 2.29. The number of carbonyl (C=O) groups is 1. The number of hydrogen-bond acceptors (Lipinski definition) is 3. The maximum Gasteiger partial charge on any atom is 0.321 e. The van der Waals surface area contributed by atoms with Crippen LogP contribution in [0.5, 0.6) is 0 Å². The molecule has 0 aliphatic carbocycles. The number of rotatable bonds is 5. The van der Waals surface area contributed by atoms with E-state index in [2.05, 4.69) is 12.1 Å². The first kappa shape index (κ1) is 14.5. The number of nitrogens with zero attached hydrogens (tertiary/aromatic N) is 1. The van der Waals surface area contributed by atoms with Crippen molar-refractivity contribution in [2.75, 3.05) is 12.0 Å². The van der Waals surface area contributed by atoms with E-state index in [1.54, 1.807) is 0 Å². The van der Waals surface area contributed by atoms with Gasteiger partial charge in [0.1, 0.15) is 0 Å². The summed E-state index contributed by atoms with van der Waals surface area (Å²) in [7, 11) is 1.50. The minimum absolute atomic E-state index is 0.0495. The lowest BCUT2D eigenvalue weighted by molar-refractivity contribution is 0.137. The Balaban J connectivity index is 3.22. The smallest absolute Gasteiger partial charge is 0.296 e. The zero-order valence-electron chi connectivity index (χ0n) is 10.7. The van der Waals surface area contributed by atoms with Crippen LogP contribution in [0.3, 0.4) is 0 Å². The quantitative estimate of drug-likeness (QED) is 0.506. The third-order valence-electron chi connectivity index (χ3n) is 2.42. The number of amides is 1. The lowest BCUT2D eigenvalue weighted by Crippen LogP contribution is -2.34. The van der Waals surface area contributed by atoms with Crippen molar-refractivity contribution in [3.63, 3.8) is 0 Å². The van der Waals surface area contributed by atoms with Gasteiger partial charge in [-0.2, -0.15) is 0 Å². The van der Waals surface area contributed by atoms with Gasteiger partial charge in [-0.05, 0) is 31.5 Å². The summed E-state index contributed by atoms with van der Waals surface area (Å²) in [5, 5.41) is -0.525. The summed E-state index contributed by atoms with van der Waals surface area (Å²) in [6.07, 6.45) is 0. The molecule has 98 valence electrons. The molecule has 4 nitrogen and oxygen atoms in total.